The van der Waals surface area contributed by atoms with Crippen molar-refractivity contribution in [2.24, 2.45) is 5.92 Å². The summed E-state index contributed by atoms with van der Waals surface area (Å²) in [5.41, 5.74) is 2.23. The molecule has 8 nitrogen and oxygen atoms in total. The summed E-state index contributed by atoms with van der Waals surface area (Å²) in [6, 6.07) is 11.7. The van der Waals surface area contributed by atoms with Crippen molar-refractivity contribution in [2.75, 3.05) is 31.6 Å². The number of amides is 2. The second-order valence-corrected chi connectivity index (χ2v) is 8.19. The van der Waals surface area contributed by atoms with E-state index < -0.39 is 17.9 Å². The van der Waals surface area contributed by atoms with Gasteiger partial charge in [0.05, 0.1) is 30.3 Å². The fraction of sp³-hybridized carbons (Fsp3) is 0.385. The molecule has 2 amide bonds. The molecule has 1 heterocycles. The number of piperidine rings is 1. The van der Waals surface area contributed by atoms with E-state index in [2.05, 4.69) is 5.32 Å². The molecule has 1 N–H and O–H groups in total. The minimum atomic E-state index is -0.600. The van der Waals surface area contributed by atoms with Crippen molar-refractivity contribution in [1.29, 1.82) is 0 Å². The molecule has 2 aromatic carbocycles. The molecule has 0 spiro atoms. The Bertz CT molecular complexity index is 1030. The number of carbonyl (C=O) groups is 4. The number of aryl methyl sites for hydroxylation is 1. The van der Waals surface area contributed by atoms with E-state index in [9.17, 15) is 19.2 Å². The monoisotopic (exact) mass is 466 g/mol. The minimum Gasteiger partial charge on any atom is -0.462 e. The highest BCUT2D eigenvalue weighted by Gasteiger charge is 2.29. The lowest BCUT2D eigenvalue weighted by atomic mass is 9.96. The predicted molar refractivity (Wildman–Crippen MR) is 127 cm³/mol. The lowest BCUT2D eigenvalue weighted by molar-refractivity contribution is -0.121. The van der Waals surface area contributed by atoms with E-state index in [1.54, 1.807) is 30.9 Å². The molecule has 1 unspecified atom stereocenters. The van der Waals surface area contributed by atoms with Crippen LogP contribution in [0.5, 0.6) is 0 Å². The molecule has 0 bridgehead atoms. The number of hydrogen-bond acceptors (Lipinski definition) is 6. The van der Waals surface area contributed by atoms with Crippen LogP contribution in [0.2, 0.25) is 0 Å². The number of rotatable bonds is 7. The smallest absolute Gasteiger partial charge is 0.338 e. The van der Waals surface area contributed by atoms with Crippen molar-refractivity contribution in [3.8, 4) is 0 Å². The third-order valence-corrected chi connectivity index (χ3v) is 5.60. The maximum atomic E-state index is 13.0. The van der Waals surface area contributed by atoms with Gasteiger partial charge in [0.2, 0.25) is 5.91 Å². The van der Waals surface area contributed by atoms with Gasteiger partial charge in [0.15, 0.2) is 0 Å². The Morgan fingerprint density at radius 2 is 1.50 bits per heavy atom. The van der Waals surface area contributed by atoms with Gasteiger partial charge >= 0.3 is 11.9 Å². The van der Waals surface area contributed by atoms with Gasteiger partial charge in [-0.1, -0.05) is 17.7 Å². The molecule has 1 aliphatic rings. The molecule has 180 valence electrons. The Morgan fingerprint density at radius 1 is 0.912 bits per heavy atom. The van der Waals surface area contributed by atoms with Crippen molar-refractivity contribution in [1.82, 2.24) is 4.90 Å². The minimum absolute atomic E-state index is 0.105. The molecule has 1 atom stereocenters. The maximum absolute atomic E-state index is 13.0. The molecule has 0 saturated carbocycles. The van der Waals surface area contributed by atoms with Gasteiger partial charge in [-0.05, 0) is 63.9 Å². The lowest BCUT2D eigenvalue weighted by Crippen LogP contribution is -2.43. The van der Waals surface area contributed by atoms with Gasteiger partial charge in [0.1, 0.15) is 0 Å². The summed E-state index contributed by atoms with van der Waals surface area (Å²) >= 11 is 0. The predicted octanol–water partition coefficient (Wildman–Crippen LogP) is 3.84. The highest BCUT2D eigenvalue weighted by molar-refractivity contribution is 6.00. The summed E-state index contributed by atoms with van der Waals surface area (Å²) < 4.78 is 10.1. The van der Waals surface area contributed by atoms with E-state index in [1.807, 2.05) is 19.1 Å². The molecule has 1 aliphatic heterocycles. The summed E-state index contributed by atoms with van der Waals surface area (Å²) in [6.45, 7) is 6.56. The van der Waals surface area contributed by atoms with Gasteiger partial charge in [-0.15, -0.1) is 0 Å². The molecule has 3 rings (SSSR count). The van der Waals surface area contributed by atoms with Crippen LogP contribution in [0.25, 0.3) is 0 Å². The summed E-state index contributed by atoms with van der Waals surface area (Å²) in [5, 5.41) is 2.80. The number of benzene rings is 2. The van der Waals surface area contributed by atoms with Crippen LogP contribution >= 0.6 is 0 Å². The number of carbonyl (C=O) groups excluding carboxylic acids is 4. The Hall–Kier alpha value is -3.68. The Kier molecular flexibility index (Phi) is 8.40. The number of anilines is 1. The molecule has 2 aromatic rings. The molecule has 8 heteroatoms. The first kappa shape index (κ1) is 25.0. The topological polar surface area (TPSA) is 102 Å². The first-order valence-corrected chi connectivity index (χ1v) is 11.5. The lowest BCUT2D eigenvalue weighted by Gasteiger charge is -2.32. The molecule has 0 aromatic heterocycles. The third-order valence-electron chi connectivity index (χ3n) is 5.60. The summed E-state index contributed by atoms with van der Waals surface area (Å²) in [5.74, 6) is -2.00. The van der Waals surface area contributed by atoms with Crippen molar-refractivity contribution >= 4 is 29.4 Å². The van der Waals surface area contributed by atoms with Crippen molar-refractivity contribution < 1.29 is 28.7 Å². The van der Waals surface area contributed by atoms with Crippen LogP contribution in [-0.2, 0) is 14.3 Å². The van der Waals surface area contributed by atoms with Crippen molar-refractivity contribution in [3.63, 3.8) is 0 Å². The second-order valence-electron chi connectivity index (χ2n) is 8.19. The molecule has 0 aliphatic carbocycles. The molecule has 34 heavy (non-hydrogen) atoms. The number of hydrogen-bond donors (Lipinski definition) is 1. The summed E-state index contributed by atoms with van der Waals surface area (Å²) in [6.07, 6.45) is 1.33. The van der Waals surface area contributed by atoms with Crippen LogP contribution in [0.4, 0.5) is 5.69 Å². The van der Waals surface area contributed by atoms with Gasteiger partial charge in [0, 0.05) is 24.3 Å². The Balaban J connectivity index is 1.75. The van der Waals surface area contributed by atoms with Crippen LogP contribution in [0.3, 0.4) is 0 Å². The molecular formula is C26H30N2O6. The third kappa shape index (κ3) is 6.21. The zero-order chi connectivity index (χ0) is 24.7. The average molecular weight is 467 g/mol. The number of nitrogens with zero attached hydrogens (tertiary/aromatic N) is 1. The van der Waals surface area contributed by atoms with Gasteiger partial charge in [-0.3, -0.25) is 9.59 Å². The van der Waals surface area contributed by atoms with E-state index in [0.717, 1.165) is 5.56 Å². The van der Waals surface area contributed by atoms with Crippen LogP contribution in [-0.4, -0.2) is 55.0 Å². The van der Waals surface area contributed by atoms with Crippen molar-refractivity contribution in [2.45, 2.75) is 33.6 Å². The second kappa shape index (κ2) is 11.4. The zero-order valence-electron chi connectivity index (χ0n) is 19.8. The normalized spacial score (nSPS) is 15.4. The van der Waals surface area contributed by atoms with Gasteiger partial charge < -0.3 is 19.7 Å². The van der Waals surface area contributed by atoms with Crippen LogP contribution < -0.4 is 5.32 Å². The summed E-state index contributed by atoms with van der Waals surface area (Å²) in [7, 11) is 0. The van der Waals surface area contributed by atoms with E-state index >= 15 is 0 Å². The quantitative estimate of drug-likeness (QED) is 0.622. The van der Waals surface area contributed by atoms with Gasteiger partial charge in [-0.25, -0.2) is 9.59 Å². The van der Waals surface area contributed by atoms with Gasteiger partial charge in [-0.2, -0.15) is 0 Å². The number of nitrogens with one attached hydrogen (secondary N) is 1. The van der Waals surface area contributed by atoms with Gasteiger partial charge in [0.25, 0.3) is 5.91 Å². The van der Waals surface area contributed by atoms with Crippen LogP contribution in [0, 0.1) is 12.8 Å². The molecular weight excluding hydrogens is 436 g/mol. The standard InChI is InChI=1S/C26H30N2O6/c1-4-33-25(31)20-13-21(26(32)34-5-2)15-22(14-20)27-23(29)19-7-6-12-28(16-19)24(30)18-10-8-17(3)9-11-18/h8-11,13-15,19H,4-7,12,16H2,1-3H3,(H,27,29). The zero-order valence-corrected chi connectivity index (χ0v) is 19.8. The highest BCUT2D eigenvalue weighted by Crippen LogP contribution is 2.23. The van der Waals surface area contributed by atoms with E-state index in [4.69, 9.17) is 9.47 Å². The molecule has 1 fully saturated rings. The van der Waals surface area contributed by atoms with E-state index in [0.29, 0.717) is 37.2 Å². The van der Waals surface area contributed by atoms with E-state index in [-0.39, 0.29) is 36.2 Å². The SMILES string of the molecule is CCOC(=O)c1cc(NC(=O)C2CCCN(C(=O)c3ccc(C)cc3)C2)cc(C(=O)OCC)c1. The molecule has 0 radical (unpaired) electrons. The number of ether oxygens (including phenoxy) is 2. The Morgan fingerprint density at radius 3 is 2.06 bits per heavy atom. The fourth-order valence-corrected chi connectivity index (χ4v) is 3.86. The number of esters is 2. The highest BCUT2D eigenvalue weighted by atomic mass is 16.5. The summed E-state index contributed by atoms with van der Waals surface area (Å²) in [4.78, 5) is 52.2. The fourth-order valence-electron chi connectivity index (χ4n) is 3.86. The molecule has 1 saturated heterocycles. The average Bonchev–Trinajstić information content (AvgIpc) is 2.84. The first-order valence-electron chi connectivity index (χ1n) is 11.5. The Labute approximate surface area is 199 Å². The van der Waals surface area contributed by atoms with Crippen LogP contribution in [0.15, 0.2) is 42.5 Å². The van der Waals surface area contributed by atoms with Crippen molar-refractivity contribution in [3.05, 3.63) is 64.7 Å². The number of likely N-dealkylation sites (tertiary alicyclic amines) is 1. The van der Waals surface area contributed by atoms with Crippen LogP contribution in [0.1, 0.15) is 63.3 Å². The van der Waals surface area contributed by atoms with E-state index in [1.165, 1.54) is 18.2 Å². The first-order chi connectivity index (χ1) is 16.3. The maximum Gasteiger partial charge on any atom is 0.338 e. The largest absolute Gasteiger partial charge is 0.462 e.